The fourth-order valence-corrected chi connectivity index (χ4v) is 4.22. The number of allylic oxidation sites excluding steroid dienone is 4. The van der Waals surface area contributed by atoms with Crippen LogP contribution in [0.2, 0.25) is 0 Å². The van der Waals surface area contributed by atoms with E-state index in [4.69, 9.17) is 4.74 Å². The molecule has 124 valence electrons. The van der Waals surface area contributed by atoms with E-state index in [0.29, 0.717) is 12.8 Å². The van der Waals surface area contributed by atoms with Crippen molar-refractivity contribution in [2.24, 2.45) is 5.41 Å². The van der Waals surface area contributed by atoms with Crippen LogP contribution in [0.5, 0.6) is 0 Å². The third-order valence-electron chi connectivity index (χ3n) is 5.24. The molecule has 1 aromatic carbocycles. The zero-order valence-corrected chi connectivity index (χ0v) is 14.2. The van der Waals surface area contributed by atoms with Gasteiger partial charge in [0.25, 0.3) is 0 Å². The van der Waals surface area contributed by atoms with Gasteiger partial charge in [-0.1, -0.05) is 44.2 Å². The first kappa shape index (κ1) is 15.4. The summed E-state index contributed by atoms with van der Waals surface area (Å²) in [7, 11) is 0. The van der Waals surface area contributed by atoms with E-state index in [1.54, 1.807) is 0 Å². The van der Waals surface area contributed by atoms with E-state index >= 15 is 0 Å². The topological polar surface area (TPSA) is 43.4 Å². The van der Waals surface area contributed by atoms with Crippen molar-refractivity contribution < 1.29 is 14.3 Å². The molecule has 3 aliphatic rings. The second kappa shape index (κ2) is 5.44. The Labute approximate surface area is 142 Å². The fraction of sp³-hybridized carbons (Fsp3) is 0.429. The predicted octanol–water partition coefficient (Wildman–Crippen LogP) is 4.45. The highest BCUT2D eigenvalue weighted by Crippen LogP contribution is 2.50. The van der Waals surface area contributed by atoms with Crippen molar-refractivity contribution >= 4 is 11.6 Å². The molecule has 0 amide bonds. The molecule has 0 bridgehead atoms. The number of carbonyl (C=O) groups excluding carboxylic acids is 2. The highest BCUT2D eigenvalue weighted by atomic mass is 16.5. The van der Waals surface area contributed by atoms with Gasteiger partial charge in [-0.2, -0.15) is 0 Å². The SMILES string of the molecule is CC1(C)CC(=O)C2=C(C1)OC1=C(C(=O)CCC1)C2c1ccccc1. The number of rotatable bonds is 1. The summed E-state index contributed by atoms with van der Waals surface area (Å²) in [4.78, 5) is 25.6. The Morgan fingerprint density at radius 3 is 2.38 bits per heavy atom. The molecule has 1 atom stereocenters. The second-order valence-corrected chi connectivity index (χ2v) is 7.84. The summed E-state index contributed by atoms with van der Waals surface area (Å²) in [6.07, 6.45) is 3.43. The Morgan fingerprint density at radius 2 is 1.62 bits per heavy atom. The Bertz CT molecular complexity index is 781. The van der Waals surface area contributed by atoms with Crippen LogP contribution in [0.25, 0.3) is 0 Å². The van der Waals surface area contributed by atoms with Gasteiger partial charge in [0.15, 0.2) is 11.6 Å². The van der Waals surface area contributed by atoms with Gasteiger partial charge in [0.05, 0.1) is 0 Å². The Morgan fingerprint density at radius 1 is 0.917 bits per heavy atom. The van der Waals surface area contributed by atoms with Gasteiger partial charge >= 0.3 is 0 Å². The average molecular weight is 322 g/mol. The molecule has 0 spiro atoms. The van der Waals surface area contributed by atoms with Crippen molar-refractivity contribution in [2.45, 2.75) is 51.9 Å². The first-order chi connectivity index (χ1) is 11.5. The van der Waals surface area contributed by atoms with Gasteiger partial charge in [-0.3, -0.25) is 9.59 Å². The number of ether oxygens (including phenoxy) is 1. The Kier molecular flexibility index (Phi) is 3.48. The smallest absolute Gasteiger partial charge is 0.163 e. The standard InChI is InChI=1S/C21H22O3/c1-21(2)11-15(23)20-17(12-21)24-16-10-6-9-14(22)19(16)18(20)13-7-4-3-5-8-13/h3-5,7-8,18H,6,9-12H2,1-2H3. The first-order valence-corrected chi connectivity index (χ1v) is 8.71. The number of Topliss-reactive ketones (excluding diaryl/α,β-unsaturated/α-hetero) is 2. The molecule has 24 heavy (non-hydrogen) atoms. The van der Waals surface area contributed by atoms with Crippen molar-refractivity contribution in [3.05, 3.63) is 58.6 Å². The van der Waals surface area contributed by atoms with E-state index in [-0.39, 0.29) is 22.9 Å². The molecule has 2 aliphatic carbocycles. The number of benzene rings is 1. The lowest BCUT2D eigenvalue weighted by Gasteiger charge is -2.40. The minimum atomic E-state index is -0.249. The maximum atomic E-state index is 12.9. The average Bonchev–Trinajstić information content (AvgIpc) is 2.53. The van der Waals surface area contributed by atoms with Crippen molar-refractivity contribution in [3.8, 4) is 0 Å². The van der Waals surface area contributed by atoms with Crippen LogP contribution in [0.1, 0.15) is 57.4 Å². The second-order valence-electron chi connectivity index (χ2n) is 7.84. The van der Waals surface area contributed by atoms with E-state index in [9.17, 15) is 9.59 Å². The lowest BCUT2D eigenvalue weighted by Crippen LogP contribution is -2.34. The maximum Gasteiger partial charge on any atom is 0.163 e. The van der Waals surface area contributed by atoms with Crippen molar-refractivity contribution in [1.82, 2.24) is 0 Å². The highest BCUT2D eigenvalue weighted by Gasteiger charge is 2.45. The zero-order valence-electron chi connectivity index (χ0n) is 14.2. The summed E-state index contributed by atoms with van der Waals surface area (Å²) in [6.45, 7) is 4.21. The lowest BCUT2D eigenvalue weighted by atomic mass is 9.68. The third kappa shape index (κ3) is 2.43. The Hall–Kier alpha value is -2.16. The fourth-order valence-electron chi connectivity index (χ4n) is 4.22. The summed E-state index contributed by atoms with van der Waals surface area (Å²) < 4.78 is 6.14. The van der Waals surface area contributed by atoms with Gasteiger partial charge in [0.1, 0.15) is 11.5 Å². The molecule has 1 heterocycles. The van der Waals surface area contributed by atoms with Gasteiger partial charge in [-0.05, 0) is 17.4 Å². The van der Waals surface area contributed by atoms with E-state index in [2.05, 4.69) is 13.8 Å². The lowest BCUT2D eigenvalue weighted by molar-refractivity contribution is -0.119. The third-order valence-corrected chi connectivity index (χ3v) is 5.24. The largest absolute Gasteiger partial charge is 0.465 e. The van der Waals surface area contributed by atoms with Crippen molar-refractivity contribution in [3.63, 3.8) is 0 Å². The summed E-state index contributed by atoms with van der Waals surface area (Å²) in [6, 6.07) is 9.92. The molecule has 0 fully saturated rings. The molecule has 4 rings (SSSR count). The molecule has 1 aromatic rings. The van der Waals surface area contributed by atoms with Crippen molar-refractivity contribution in [2.75, 3.05) is 0 Å². The minimum absolute atomic E-state index is 0.0894. The molecular weight excluding hydrogens is 300 g/mol. The molecule has 3 heteroatoms. The van der Waals surface area contributed by atoms with Gasteiger partial charge in [0.2, 0.25) is 0 Å². The van der Waals surface area contributed by atoms with Crippen LogP contribution < -0.4 is 0 Å². The van der Waals surface area contributed by atoms with Crippen LogP contribution in [-0.2, 0) is 14.3 Å². The maximum absolute atomic E-state index is 12.9. The highest BCUT2D eigenvalue weighted by molar-refractivity contribution is 6.06. The summed E-state index contributed by atoms with van der Waals surface area (Å²) in [5.74, 6) is 1.60. The zero-order chi connectivity index (χ0) is 16.9. The molecule has 0 N–H and O–H groups in total. The van der Waals surface area contributed by atoms with Crippen molar-refractivity contribution in [1.29, 1.82) is 0 Å². The minimum Gasteiger partial charge on any atom is -0.465 e. The van der Waals surface area contributed by atoms with Crippen LogP contribution >= 0.6 is 0 Å². The number of carbonyl (C=O) groups is 2. The number of hydrogen-bond donors (Lipinski definition) is 0. The van der Waals surface area contributed by atoms with Crippen LogP contribution in [0, 0.1) is 5.41 Å². The van der Waals surface area contributed by atoms with E-state index in [0.717, 1.165) is 47.5 Å². The van der Waals surface area contributed by atoms with Crippen LogP contribution in [0.4, 0.5) is 0 Å². The quantitative estimate of drug-likeness (QED) is 0.767. The molecule has 0 saturated heterocycles. The first-order valence-electron chi connectivity index (χ1n) is 8.71. The predicted molar refractivity (Wildman–Crippen MR) is 91.2 cm³/mol. The van der Waals surface area contributed by atoms with E-state index in [1.807, 2.05) is 30.3 Å². The monoisotopic (exact) mass is 322 g/mol. The van der Waals surface area contributed by atoms with Crippen LogP contribution in [-0.4, -0.2) is 11.6 Å². The molecule has 3 nitrogen and oxygen atoms in total. The van der Waals surface area contributed by atoms with Crippen LogP contribution in [0.15, 0.2) is 53.0 Å². The summed E-state index contributed by atoms with van der Waals surface area (Å²) >= 11 is 0. The van der Waals surface area contributed by atoms with E-state index < -0.39 is 0 Å². The van der Waals surface area contributed by atoms with Gasteiger partial charge < -0.3 is 4.74 Å². The van der Waals surface area contributed by atoms with Gasteiger partial charge in [0, 0.05) is 42.7 Å². The van der Waals surface area contributed by atoms with Gasteiger partial charge in [-0.25, -0.2) is 0 Å². The number of ketones is 2. The van der Waals surface area contributed by atoms with Gasteiger partial charge in [-0.15, -0.1) is 0 Å². The Balaban J connectivity index is 1.90. The molecule has 0 radical (unpaired) electrons. The molecular formula is C21H22O3. The van der Waals surface area contributed by atoms with E-state index in [1.165, 1.54) is 0 Å². The molecule has 1 unspecified atom stereocenters. The molecule has 0 saturated carbocycles. The number of hydrogen-bond acceptors (Lipinski definition) is 3. The molecule has 0 aromatic heterocycles. The summed E-state index contributed by atoms with van der Waals surface area (Å²) in [5.41, 5.74) is 2.37. The molecule has 1 aliphatic heterocycles. The van der Waals surface area contributed by atoms with Crippen LogP contribution in [0.3, 0.4) is 0 Å². The summed E-state index contributed by atoms with van der Waals surface area (Å²) in [5, 5.41) is 0. The normalized spacial score (nSPS) is 26.0.